The van der Waals surface area contributed by atoms with Gasteiger partial charge in [0.1, 0.15) is 5.78 Å². The maximum Gasteiger partial charge on any atom is 0.155 e. The molecule has 3 saturated carbocycles. The molecule has 0 aromatic rings. The van der Waals surface area contributed by atoms with E-state index in [1.165, 1.54) is 0 Å². The third-order valence-electron chi connectivity index (χ3n) is 7.69. The standard InChI is InChI=1S/C19H26O4/c1-18-5-3-11(20)7-10(18)8-13(21)16-12(18)4-6-19(2)15(23)9-14(22)17(16)19/h7,12-14,16-17,21-22H,3-6,8-9H2,1-2H3/t12-,13?,14?,16+,17+,18+,19-/m1/s1. The van der Waals surface area contributed by atoms with Gasteiger partial charge in [0, 0.05) is 24.2 Å². The predicted octanol–water partition coefficient (Wildman–Crippen LogP) is 2.03. The molecule has 4 aliphatic rings. The Balaban J connectivity index is 1.78. The van der Waals surface area contributed by atoms with Crippen molar-refractivity contribution in [1.29, 1.82) is 0 Å². The minimum absolute atomic E-state index is 0.0365. The second kappa shape index (κ2) is 4.76. The first kappa shape index (κ1) is 15.5. The van der Waals surface area contributed by atoms with Crippen LogP contribution in [0, 0.1) is 28.6 Å². The normalized spacial score (nSPS) is 52.5. The third-order valence-corrected chi connectivity index (χ3v) is 7.69. The van der Waals surface area contributed by atoms with Crippen molar-refractivity contribution in [3.63, 3.8) is 0 Å². The lowest BCUT2D eigenvalue weighted by atomic mass is 9.46. The Morgan fingerprint density at radius 1 is 1.04 bits per heavy atom. The largest absolute Gasteiger partial charge is 0.392 e. The Morgan fingerprint density at radius 3 is 2.52 bits per heavy atom. The fraction of sp³-hybridized carbons (Fsp3) is 0.789. The Morgan fingerprint density at radius 2 is 1.78 bits per heavy atom. The molecule has 4 rings (SSSR count). The minimum Gasteiger partial charge on any atom is -0.392 e. The van der Waals surface area contributed by atoms with Gasteiger partial charge in [-0.05, 0) is 49.0 Å². The summed E-state index contributed by atoms with van der Waals surface area (Å²) < 4.78 is 0. The third kappa shape index (κ3) is 1.91. The number of hydrogen-bond donors (Lipinski definition) is 2. The van der Waals surface area contributed by atoms with Crippen LogP contribution < -0.4 is 0 Å². The van der Waals surface area contributed by atoms with Crippen LogP contribution in [0.25, 0.3) is 0 Å². The highest BCUT2D eigenvalue weighted by Gasteiger charge is 2.63. The Hall–Kier alpha value is -1.00. The van der Waals surface area contributed by atoms with Crippen molar-refractivity contribution < 1.29 is 19.8 Å². The van der Waals surface area contributed by atoms with Crippen molar-refractivity contribution in [2.75, 3.05) is 0 Å². The molecule has 4 aliphatic carbocycles. The molecule has 4 heteroatoms. The second-order valence-corrected chi connectivity index (χ2v) is 8.69. The number of ketones is 2. The van der Waals surface area contributed by atoms with Gasteiger partial charge < -0.3 is 10.2 Å². The van der Waals surface area contributed by atoms with Gasteiger partial charge in [0.2, 0.25) is 0 Å². The zero-order valence-corrected chi connectivity index (χ0v) is 13.9. The molecule has 0 amide bonds. The number of carbonyl (C=O) groups is 2. The molecule has 0 aromatic heterocycles. The highest BCUT2D eigenvalue weighted by molar-refractivity contribution is 5.92. The van der Waals surface area contributed by atoms with E-state index in [1.54, 1.807) is 6.08 Å². The van der Waals surface area contributed by atoms with E-state index in [-0.39, 0.29) is 41.2 Å². The maximum absolute atomic E-state index is 12.4. The summed E-state index contributed by atoms with van der Waals surface area (Å²) in [6.45, 7) is 4.21. The van der Waals surface area contributed by atoms with Crippen molar-refractivity contribution in [3.8, 4) is 0 Å². The topological polar surface area (TPSA) is 74.6 Å². The van der Waals surface area contributed by atoms with E-state index in [0.29, 0.717) is 12.8 Å². The molecule has 0 aliphatic heterocycles. The molecule has 0 bridgehead atoms. The van der Waals surface area contributed by atoms with Gasteiger partial charge in [0.15, 0.2) is 5.78 Å². The molecule has 0 saturated heterocycles. The van der Waals surface area contributed by atoms with Crippen molar-refractivity contribution in [3.05, 3.63) is 11.6 Å². The van der Waals surface area contributed by atoms with Crippen molar-refractivity contribution >= 4 is 11.6 Å². The summed E-state index contributed by atoms with van der Waals surface area (Å²) in [7, 11) is 0. The molecule has 23 heavy (non-hydrogen) atoms. The molecule has 7 atom stereocenters. The highest BCUT2D eigenvalue weighted by atomic mass is 16.3. The molecule has 3 fully saturated rings. The van der Waals surface area contributed by atoms with E-state index in [4.69, 9.17) is 0 Å². The Bertz CT molecular complexity index is 608. The van der Waals surface area contributed by atoms with Gasteiger partial charge in [-0.15, -0.1) is 0 Å². The molecule has 0 aromatic carbocycles. The Labute approximate surface area is 137 Å². The second-order valence-electron chi connectivity index (χ2n) is 8.69. The number of aliphatic hydroxyl groups excluding tert-OH is 2. The average Bonchev–Trinajstić information content (AvgIpc) is 2.71. The van der Waals surface area contributed by atoms with E-state index < -0.39 is 17.6 Å². The molecule has 0 heterocycles. The fourth-order valence-corrected chi connectivity index (χ4v) is 6.35. The summed E-state index contributed by atoms with van der Waals surface area (Å²) in [5, 5.41) is 21.4. The van der Waals surface area contributed by atoms with Crippen molar-refractivity contribution in [1.82, 2.24) is 0 Å². The molecular weight excluding hydrogens is 292 g/mol. The zero-order valence-electron chi connectivity index (χ0n) is 13.9. The lowest BCUT2D eigenvalue weighted by molar-refractivity contribution is -0.144. The molecule has 2 unspecified atom stereocenters. The first-order chi connectivity index (χ1) is 10.8. The summed E-state index contributed by atoms with van der Waals surface area (Å²) in [4.78, 5) is 24.2. The lowest BCUT2D eigenvalue weighted by Crippen LogP contribution is -2.57. The molecule has 0 radical (unpaired) electrons. The van der Waals surface area contributed by atoms with Gasteiger partial charge >= 0.3 is 0 Å². The first-order valence-electron chi connectivity index (χ1n) is 8.91. The first-order valence-corrected chi connectivity index (χ1v) is 8.91. The lowest BCUT2D eigenvalue weighted by Gasteiger charge is -2.58. The van der Waals surface area contributed by atoms with E-state index in [9.17, 15) is 19.8 Å². The van der Waals surface area contributed by atoms with Gasteiger partial charge in [-0.2, -0.15) is 0 Å². The molecule has 126 valence electrons. The highest BCUT2D eigenvalue weighted by Crippen LogP contribution is 2.64. The Kier molecular flexibility index (Phi) is 3.21. The summed E-state index contributed by atoms with van der Waals surface area (Å²) in [6, 6.07) is 0. The predicted molar refractivity (Wildman–Crippen MR) is 84.5 cm³/mol. The average molecular weight is 318 g/mol. The zero-order chi connectivity index (χ0) is 16.6. The monoisotopic (exact) mass is 318 g/mol. The van der Waals surface area contributed by atoms with Crippen LogP contribution in [0.3, 0.4) is 0 Å². The minimum atomic E-state index is -0.630. The molecular formula is C19H26O4. The number of fused-ring (bicyclic) bond motifs is 5. The smallest absolute Gasteiger partial charge is 0.155 e. The van der Waals surface area contributed by atoms with E-state index in [0.717, 1.165) is 24.8 Å². The van der Waals surface area contributed by atoms with Crippen LogP contribution in [0.2, 0.25) is 0 Å². The summed E-state index contributed by atoms with van der Waals surface area (Å²) in [6.07, 6.45) is 4.40. The molecule has 2 N–H and O–H groups in total. The maximum atomic E-state index is 12.4. The van der Waals surface area contributed by atoms with Crippen LogP contribution in [0.4, 0.5) is 0 Å². The summed E-state index contributed by atoms with van der Waals surface area (Å²) in [5.74, 6) is 0.403. The fourth-order valence-electron chi connectivity index (χ4n) is 6.35. The summed E-state index contributed by atoms with van der Waals surface area (Å²) >= 11 is 0. The molecule has 0 spiro atoms. The van der Waals surface area contributed by atoms with Gasteiger partial charge in [-0.3, -0.25) is 9.59 Å². The van der Waals surface area contributed by atoms with Crippen LogP contribution in [0.1, 0.15) is 52.4 Å². The van der Waals surface area contributed by atoms with Crippen molar-refractivity contribution in [2.24, 2.45) is 28.6 Å². The van der Waals surface area contributed by atoms with Crippen LogP contribution in [0.15, 0.2) is 11.6 Å². The van der Waals surface area contributed by atoms with Gasteiger partial charge in [0.05, 0.1) is 12.2 Å². The van der Waals surface area contributed by atoms with Gasteiger partial charge in [-0.1, -0.05) is 19.4 Å². The molecule has 4 nitrogen and oxygen atoms in total. The summed E-state index contributed by atoms with van der Waals surface area (Å²) in [5.41, 5.74) is 0.540. The van der Waals surface area contributed by atoms with Crippen LogP contribution in [0.5, 0.6) is 0 Å². The van der Waals surface area contributed by atoms with E-state index in [2.05, 4.69) is 6.92 Å². The number of aliphatic hydroxyl groups is 2. The van der Waals surface area contributed by atoms with Gasteiger partial charge in [-0.25, -0.2) is 0 Å². The van der Waals surface area contributed by atoms with Crippen LogP contribution in [-0.4, -0.2) is 34.0 Å². The number of carbonyl (C=O) groups excluding carboxylic acids is 2. The van der Waals surface area contributed by atoms with E-state index in [1.807, 2.05) is 6.92 Å². The SMILES string of the molecule is C[C@]12CCC(=O)C=C1CC(O)[C@@H]1[C@H]2CC[C@]2(C)C(=O)CC(O)[C@@H]12. The quantitative estimate of drug-likeness (QED) is 0.717. The van der Waals surface area contributed by atoms with Crippen LogP contribution in [-0.2, 0) is 9.59 Å². The number of rotatable bonds is 0. The van der Waals surface area contributed by atoms with Gasteiger partial charge in [0.25, 0.3) is 0 Å². The number of Topliss-reactive ketones (excluding diaryl/α,β-unsaturated/α-hetero) is 1. The van der Waals surface area contributed by atoms with E-state index >= 15 is 0 Å². The van der Waals surface area contributed by atoms with Crippen molar-refractivity contribution in [2.45, 2.75) is 64.6 Å². The van der Waals surface area contributed by atoms with Crippen LogP contribution >= 0.6 is 0 Å². The number of hydrogen-bond acceptors (Lipinski definition) is 4.